The van der Waals surface area contributed by atoms with Gasteiger partial charge < -0.3 is 26.6 Å². The summed E-state index contributed by atoms with van der Waals surface area (Å²) in [4.78, 5) is 39.5. The van der Waals surface area contributed by atoms with Crippen LogP contribution in [0.1, 0.15) is 48.2 Å². The molecule has 2 atom stereocenters. The Labute approximate surface area is 211 Å². The molecule has 1 aliphatic rings. The van der Waals surface area contributed by atoms with Gasteiger partial charge in [-0.15, -0.1) is 0 Å². The number of hydrogen-bond acceptors (Lipinski definition) is 4. The predicted molar refractivity (Wildman–Crippen MR) is 138 cm³/mol. The normalized spacial score (nSPS) is 14.2. The van der Waals surface area contributed by atoms with E-state index < -0.39 is 12.1 Å². The number of carbonyl (C=O) groups excluding carboxylic acids is 3. The van der Waals surface area contributed by atoms with E-state index in [4.69, 9.17) is 5.73 Å². The zero-order chi connectivity index (χ0) is 26.2. The maximum absolute atomic E-state index is 13.6. The Bertz CT molecular complexity index is 1090. The number of nitrogens with one attached hydrogen (secondary N) is 3. The first-order valence-electron chi connectivity index (χ1n) is 12.4. The van der Waals surface area contributed by atoms with Gasteiger partial charge in [-0.3, -0.25) is 9.59 Å². The molecule has 0 aliphatic carbocycles. The molecule has 2 aromatic carbocycles. The van der Waals surface area contributed by atoms with Crippen LogP contribution in [0.15, 0.2) is 42.5 Å². The number of urea groups is 1. The Kier molecular flexibility index (Phi) is 9.27. The molecule has 194 valence electrons. The number of anilines is 1. The quantitative estimate of drug-likeness (QED) is 0.382. The molecule has 0 fully saturated rings. The maximum Gasteiger partial charge on any atom is 0.312 e. The number of rotatable bonds is 11. The van der Waals surface area contributed by atoms with Gasteiger partial charge in [0.2, 0.25) is 5.91 Å². The van der Waals surface area contributed by atoms with Crippen LogP contribution in [-0.2, 0) is 11.2 Å². The van der Waals surface area contributed by atoms with E-state index in [0.29, 0.717) is 31.5 Å². The van der Waals surface area contributed by atoms with Crippen molar-refractivity contribution in [2.45, 2.75) is 52.1 Å². The van der Waals surface area contributed by atoms with Gasteiger partial charge in [-0.05, 0) is 68.0 Å². The minimum atomic E-state index is -0.718. The summed E-state index contributed by atoms with van der Waals surface area (Å²) in [5, 5.41) is 8.53. The lowest BCUT2D eigenvalue weighted by Gasteiger charge is -2.29. The van der Waals surface area contributed by atoms with E-state index in [1.165, 1.54) is 12.1 Å². The number of halogens is 1. The number of primary amides is 1. The first kappa shape index (κ1) is 27.0. The van der Waals surface area contributed by atoms with E-state index in [9.17, 15) is 18.8 Å². The van der Waals surface area contributed by atoms with Crippen molar-refractivity contribution in [3.8, 4) is 0 Å². The van der Waals surface area contributed by atoms with Crippen molar-refractivity contribution < 1.29 is 18.8 Å². The monoisotopic (exact) mass is 497 g/mol. The van der Waals surface area contributed by atoms with Crippen molar-refractivity contribution in [3.05, 3.63) is 65.0 Å². The first-order chi connectivity index (χ1) is 17.1. The number of aryl methyl sites for hydroxylation is 1. The topological polar surface area (TPSA) is 117 Å². The SMILES string of the molecule is Cc1cccc(C(=O)NC(CC(C)C)C(=O)NC(CCNC(N)=O)CN2CCc3cc(F)ccc32)c1. The van der Waals surface area contributed by atoms with Crippen LogP contribution in [0.3, 0.4) is 0 Å². The average molecular weight is 498 g/mol. The van der Waals surface area contributed by atoms with Crippen LogP contribution in [-0.4, -0.2) is 49.6 Å². The molecule has 1 aliphatic heterocycles. The molecular weight excluding hydrogens is 461 g/mol. The molecule has 0 radical (unpaired) electrons. The highest BCUT2D eigenvalue weighted by atomic mass is 19.1. The average Bonchev–Trinajstić information content (AvgIpc) is 3.19. The van der Waals surface area contributed by atoms with Gasteiger partial charge in [-0.25, -0.2) is 9.18 Å². The van der Waals surface area contributed by atoms with Crippen LogP contribution in [0.25, 0.3) is 0 Å². The van der Waals surface area contributed by atoms with E-state index in [-0.39, 0.29) is 36.1 Å². The fourth-order valence-electron chi connectivity index (χ4n) is 4.51. The lowest BCUT2D eigenvalue weighted by atomic mass is 10.0. The van der Waals surface area contributed by atoms with Gasteiger partial charge in [-0.1, -0.05) is 31.5 Å². The molecule has 8 nitrogen and oxygen atoms in total. The lowest BCUT2D eigenvalue weighted by molar-refractivity contribution is -0.124. The van der Waals surface area contributed by atoms with Gasteiger partial charge in [0.05, 0.1) is 0 Å². The second kappa shape index (κ2) is 12.4. The standard InChI is InChI=1S/C27H36FN5O3/c1-17(2)13-23(32-25(34)20-6-4-5-18(3)14-20)26(35)31-22(9-11-30-27(29)36)16-33-12-10-19-15-21(28)7-8-24(19)33/h4-8,14-15,17,22-23H,9-13,16H2,1-3H3,(H,31,35)(H,32,34)(H3,29,30,36). The Hall–Kier alpha value is -3.62. The molecule has 1 heterocycles. The predicted octanol–water partition coefficient (Wildman–Crippen LogP) is 2.88. The van der Waals surface area contributed by atoms with Crippen molar-refractivity contribution >= 4 is 23.5 Å². The summed E-state index contributed by atoms with van der Waals surface area (Å²) in [7, 11) is 0. The number of amides is 4. The minimum absolute atomic E-state index is 0.175. The zero-order valence-electron chi connectivity index (χ0n) is 21.1. The highest BCUT2D eigenvalue weighted by Crippen LogP contribution is 2.28. The van der Waals surface area contributed by atoms with Crippen molar-refractivity contribution in [2.24, 2.45) is 11.7 Å². The third-order valence-corrected chi connectivity index (χ3v) is 6.22. The van der Waals surface area contributed by atoms with Crippen LogP contribution >= 0.6 is 0 Å². The van der Waals surface area contributed by atoms with Crippen LogP contribution in [0.4, 0.5) is 14.9 Å². The van der Waals surface area contributed by atoms with E-state index >= 15 is 0 Å². The third-order valence-electron chi connectivity index (χ3n) is 6.22. The lowest BCUT2D eigenvalue weighted by Crippen LogP contribution is -2.53. The highest BCUT2D eigenvalue weighted by Gasteiger charge is 2.27. The number of nitrogens with zero attached hydrogens (tertiary/aromatic N) is 1. The molecule has 2 aromatic rings. The smallest absolute Gasteiger partial charge is 0.312 e. The molecule has 2 unspecified atom stereocenters. The molecule has 9 heteroatoms. The summed E-state index contributed by atoms with van der Waals surface area (Å²) in [6.07, 6.45) is 1.64. The Morgan fingerprint density at radius 3 is 2.58 bits per heavy atom. The van der Waals surface area contributed by atoms with Gasteiger partial charge in [-0.2, -0.15) is 0 Å². The fraction of sp³-hybridized carbons (Fsp3) is 0.444. The number of fused-ring (bicyclic) bond motifs is 1. The number of carbonyl (C=O) groups is 3. The number of hydrogen-bond donors (Lipinski definition) is 4. The Balaban J connectivity index is 1.72. The summed E-state index contributed by atoms with van der Waals surface area (Å²) >= 11 is 0. The summed E-state index contributed by atoms with van der Waals surface area (Å²) in [5.41, 5.74) is 8.54. The number of nitrogens with two attached hydrogens (primary N) is 1. The Morgan fingerprint density at radius 2 is 1.89 bits per heavy atom. The summed E-state index contributed by atoms with van der Waals surface area (Å²) in [5.74, 6) is -0.685. The molecule has 0 saturated heterocycles. The van der Waals surface area contributed by atoms with E-state index in [0.717, 1.165) is 23.2 Å². The maximum atomic E-state index is 13.6. The van der Waals surface area contributed by atoms with Gasteiger partial charge in [0, 0.05) is 36.9 Å². The highest BCUT2D eigenvalue weighted by molar-refractivity contribution is 5.97. The first-order valence-corrected chi connectivity index (χ1v) is 12.4. The van der Waals surface area contributed by atoms with Crippen LogP contribution in [0.5, 0.6) is 0 Å². The number of benzene rings is 2. The van der Waals surface area contributed by atoms with Crippen molar-refractivity contribution in [1.82, 2.24) is 16.0 Å². The van der Waals surface area contributed by atoms with Crippen LogP contribution in [0, 0.1) is 18.7 Å². The summed E-state index contributed by atoms with van der Waals surface area (Å²) in [6.45, 7) is 7.36. The summed E-state index contributed by atoms with van der Waals surface area (Å²) < 4.78 is 13.6. The van der Waals surface area contributed by atoms with Crippen LogP contribution in [0.2, 0.25) is 0 Å². The Morgan fingerprint density at radius 1 is 1.11 bits per heavy atom. The molecule has 0 spiro atoms. The largest absolute Gasteiger partial charge is 0.369 e. The van der Waals surface area contributed by atoms with E-state index in [1.807, 2.05) is 32.9 Å². The van der Waals surface area contributed by atoms with Crippen molar-refractivity contribution in [2.75, 3.05) is 24.5 Å². The molecule has 5 N–H and O–H groups in total. The summed E-state index contributed by atoms with van der Waals surface area (Å²) in [6, 6.07) is 10.3. The third kappa shape index (κ3) is 7.69. The molecule has 3 rings (SSSR count). The molecule has 36 heavy (non-hydrogen) atoms. The molecule has 0 aromatic heterocycles. The van der Waals surface area contributed by atoms with Crippen molar-refractivity contribution in [3.63, 3.8) is 0 Å². The van der Waals surface area contributed by atoms with Gasteiger partial charge in [0.15, 0.2) is 0 Å². The molecular formula is C27H36FN5O3. The van der Waals surface area contributed by atoms with Gasteiger partial charge in [0.25, 0.3) is 5.91 Å². The molecule has 4 amide bonds. The van der Waals surface area contributed by atoms with E-state index in [1.54, 1.807) is 18.2 Å². The zero-order valence-corrected chi connectivity index (χ0v) is 21.1. The second-order valence-corrected chi connectivity index (χ2v) is 9.78. The minimum Gasteiger partial charge on any atom is -0.369 e. The van der Waals surface area contributed by atoms with Gasteiger partial charge in [0.1, 0.15) is 11.9 Å². The second-order valence-electron chi connectivity index (χ2n) is 9.78. The van der Waals surface area contributed by atoms with Crippen LogP contribution < -0.4 is 26.6 Å². The molecule has 0 bridgehead atoms. The van der Waals surface area contributed by atoms with Gasteiger partial charge >= 0.3 is 6.03 Å². The van der Waals surface area contributed by atoms with E-state index in [2.05, 4.69) is 20.9 Å². The molecule has 0 saturated carbocycles. The van der Waals surface area contributed by atoms with Crippen molar-refractivity contribution in [1.29, 1.82) is 0 Å². The fourth-order valence-corrected chi connectivity index (χ4v) is 4.51.